The van der Waals surface area contributed by atoms with Gasteiger partial charge in [-0.15, -0.1) is 0 Å². The highest BCUT2D eigenvalue weighted by Gasteiger charge is 2.14. The molecule has 1 N–H and O–H groups in total. The Morgan fingerprint density at radius 1 is 1.19 bits per heavy atom. The van der Waals surface area contributed by atoms with Crippen molar-refractivity contribution in [3.63, 3.8) is 0 Å². The number of nitrogens with zero attached hydrogens (tertiary/aromatic N) is 2. The molecule has 5 heteroatoms. The molecule has 0 unspecified atom stereocenters. The van der Waals surface area contributed by atoms with Gasteiger partial charge in [0, 0.05) is 23.8 Å². The van der Waals surface area contributed by atoms with Crippen molar-refractivity contribution in [3.8, 4) is 11.4 Å². The molecule has 136 valence electrons. The Kier molecular flexibility index (Phi) is 5.38. The van der Waals surface area contributed by atoms with Gasteiger partial charge in [-0.1, -0.05) is 18.2 Å². The number of benzene rings is 2. The second-order valence-corrected chi connectivity index (χ2v) is 6.48. The number of aryl methyl sites for hydroxylation is 1. The number of hydrogen-bond acceptors (Lipinski definition) is 3. The minimum atomic E-state index is -0.264. The predicted molar refractivity (Wildman–Crippen MR) is 101 cm³/mol. The molecule has 2 aromatic carbocycles. The Bertz CT molecular complexity index is 904. The topological polar surface area (TPSA) is 39.1 Å². The smallest absolute Gasteiger partial charge is 0.125 e. The van der Waals surface area contributed by atoms with Crippen molar-refractivity contribution in [3.05, 3.63) is 76.9 Å². The maximum atomic E-state index is 13.5. The zero-order valence-electron chi connectivity index (χ0n) is 15.6. The molecule has 4 nitrogen and oxygen atoms in total. The lowest BCUT2D eigenvalue weighted by atomic mass is 10.1. The quantitative estimate of drug-likeness (QED) is 0.710. The zero-order chi connectivity index (χ0) is 18.7. The third-order valence-electron chi connectivity index (χ3n) is 4.64. The first-order valence-electron chi connectivity index (χ1n) is 8.67. The summed E-state index contributed by atoms with van der Waals surface area (Å²) >= 11 is 0. The molecule has 0 amide bonds. The summed E-state index contributed by atoms with van der Waals surface area (Å²) < 4.78 is 20.6. The Hall–Kier alpha value is -2.66. The van der Waals surface area contributed by atoms with Gasteiger partial charge in [0.1, 0.15) is 11.6 Å². The molecule has 3 rings (SSSR count). The third kappa shape index (κ3) is 3.78. The standard InChI is InChI=1S/C21H24FN3O/c1-14-10-17(8-9-21(14)26-4)12-23-15(2)20-13-24-25(16(20)3)19-7-5-6-18(22)11-19/h5-11,13,15,23H,12H2,1-4H3/t15-/m1/s1. The summed E-state index contributed by atoms with van der Waals surface area (Å²) in [5, 5.41) is 7.96. The Morgan fingerprint density at radius 2 is 2.00 bits per heavy atom. The van der Waals surface area contributed by atoms with E-state index in [1.807, 2.05) is 32.2 Å². The van der Waals surface area contributed by atoms with Crippen LogP contribution in [-0.2, 0) is 6.54 Å². The molecule has 0 aliphatic rings. The highest BCUT2D eigenvalue weighted by molar-refractivity contribution is 5.37. The van der Waals surface area contributed by atoms with Crippen LogP contribution in [0.15, 0.2) is 48.7 Å². The summed E-state index contributed by atoms with van der Waals surface area (Å²) in [5.41, 5.74) is 5.15. The lowest BCUT2D eigenvalue weighted by molar-refractivity contribution is 0.411. The number of methoxy groups -OCH3 is 1. The van der Waals surface area contributed by atoms with Crippen LogP contribution < -0.4 is 10.1 Å². The van der Waals surface area contributed by atoms with Gasteiger partial charge in [-0.25, -0.2) is 9.07 Å². The van der Waals surface area contributed by atoms with E-state index in [9.17, 15) is 4.39 Å². The molecule has 0 aliphatic carbocycles. The predicted octanol–water partition coefficient (Wildman–Crippen LogP) is 4.49. The molecule has 1 heterocycles. The van der Waals surface area contributed by atoms with Crippen LogP contribution in [0.3, 0.4) is 0 Å². The summed E-state index contributed by atoms with van der Waals surface area (Å²) in [6, 6.07) is 12.8. The van der Waals surface area contributed by atoms with Crippen molar-refractivity contribution < 1.29 is 9.13 Å². The first-order valence-corrected chi connectivity index (χ1v) is 8.67. The van der Waals surface area contributed by atoms with Crippen LogP contribution in [0.4, 0.5) is 4.39 Å². The number of ether oxygens (including phenoxy) is 1. The number of hydrogen-bond donors (Lipinski definition) is 1. The highest BCUT2D eigenvalue weighted by atomic mass is 19.1. The van der Waals surface area contributed by atoms with E-state index in [1.54, 1.807) is 17.9 Å². The van der Waals surface area contributed by atoms with E-state index in [0.717, 1.165) is 34.8 Å². The molecule has 3 aromatic rings. The van der Waals surface area contributed by atoms with Gasteiger partial charge >= 0.3 is 0 Å². The molecule has 0 radical (unpaired) electrons. The maximum absolute atomic E-state index is 13.5. The lowest BCUT2D eigenvalue weighted by Gasteiger charge is -2.15. The molecular weight excluding hydrogens is 329 g/mol. The van der Waals surface area contributed by atoms with Crippen LogP contribution in [0.25, 0.3) is 5.69 Å². The van der Waals surface area contributed by atoms with Gasteiger partial charge in [0.2, 0.25) is 0 Å². The fraction of sp³-hybridized carbons (Fsp3) is 0.286. The van der Waals surface area contributed by atoms with Crippen LogP contribution in [0.1, 0.15) is 35.3 Å². The summed E-state index contributed by atoms with van der Waals surface area (Å²) in [7, 11) is 1.68. The van der Waals surface area contributed by atoms with E-state index >= 15 is 0 Å². The molecule has 0 spiro atoms. The van der Waals surface area contributed by atoms with Gasteiger partial charge in [0.05, 0.1) is 19.0 Å². The number of rotatable bonds is 6. The van der Waals surface area contributed by atoms with Gasteiger partial charge < -0.3 is 10.1 Å². The summed E-state index contributed by atoms with van der Waals surface area (Å²) in [5.74, 6) is 0.633. The van der Waals surface area contributed by atoms with Crippen molar-refractivity contribution >= 4 is 0 Å². The third-order valence-corrected chi connectivity index (χ3v) is 4.64. The van der Waals surface area contributed by atoms with E-state index in [2.05, 4.69) is 29.5 Å². The average Bonchev–Trinajstić information content (AvgIpc) is 3.01. The minimum absolute atomic E-state index is 0.125. The van der Waals surface area contributed by atoms with E-state index in [4.69, 9.17) is 4.74 Å². The second-order valence-electron chi connectivity index (χ2n) is 6.48. The van der Waals surface area contributed by atoms with Crippen LogP contribution in [0.2, 0.25) is 0 Å². The lowest BCUT2D eigenvalue weighted by Crippen LogP contribution is -2.18. The normalized spacial score (nSPS) is 12.2. The maximum Gasteiger partial charge on any atom is 0.125 e. The Labute approximate surface area is 153 Å². The van der Waals surface area contributed by atoms with Crippen molar-refractivity contribution in [2.75, 3.05) is 7.11 Å². The number of halogens is 1. The van der Waals surface area contributed by atoms with Crippen LogP contribution in [0, 0.1) is 19.7 Å². The molecule has 26 heavy (non-hydrogen) atoms. The van der Waals surface area contributed by atoms with Crippen LogP contribution in [-0.4, -0.2) is 16.9 Å². The highest BCUT2D eigenvalue weighted by Crippen LogP contribution is 2.22. The molecule has 0 bridgehead atoms. The first kappa shape index (κ1) is 18.1. The first-order chi connectivity index (χ1) is 12.5. The van der Waals surface area contributed by atoms with Crippen LogP contribution in [0.5, 0.6) is 5.75 Å². The van der Waals surface area contributed by atoms with E-state index in [0.29, 0.717) is 0 Å². The summed E-state index contributed by atoms with van der Waals surface area (Å²) in [4.78, 5) is 0. The average molecular weight is 353 g/mol. The van der Waals surface area contributed by atoms with Gasteiger partial charge in [0.25, 0.3) is 0 Å². The Morgan fingerprint density at radius 3 is 2.69 bits per heavy atom. The molecule has 1 atom stereocenters. The van der Waals surface area contributed by atoms with Crippen molar-refractivity contribution in [2.45, 2.75) is 33.4 Å². The second kappa shape index (κ2) is 7.70. The van der Waals surface area contributed by atoms with E-state index < -0.39 is 0 Å². The molecule has 0 saturated carbocycles. The molecule has 0 saturated heterocycles. The summed E-state index contributed by atoms with van der Waals surface area (Å²) in [6.45, 7) is 6.90. The molecule has 1 aromatic heterocycles. The van der Waals surface area contributed by atoms with Gasteiger partial charge in [-0.05, 0) is 56.2 Å². The SMILES string of the molecule is COc1ccc(CN[C@H](C)c2cnn(-c3cccc(F)c3)c2C)cc1C. The van der Waals surface area contributed by atoms with Crippen molar-refractivity contribution in [1.29, 1.82) is 0 Å². The fourth-order valence-electron chi connectivity index (χ4n) is 3.15. The zero-order valence-corrected chi connectivity index (χ0v) is 15.6. The van der Waals surface area contributed by atoms with Gasteiger partial charge in [-0.2, -0.15) is 5.10 Å². The molecular formula is C21H24FN3O. The van der Waals surface area contributed by atoms with E-state index in [-0.39, 0.29) is 11.9 Å². The monoisotopic (exact) mass is 353 g/mol. The number of aromatic nitrogens is 2. The van der Waals surface area contributed by atoms with Gasteiger partial charge in [-0.3, -0.25) is 0 Å². The minimum Gasteiger partial charge on any atom is -0.496 e. The number of nitrogens with one attached hydrogen (secondary N) is 1. The Balaban J connectivity index is 1.72. The van der Waals surface area contributed by atoms with E-state index in [1.165, 1.54) is 17.7 Å². The van der Waals surface area contributed by atoms with Crippen molar-refractivity contribution in [1.82, 2.24) is 15.1 Å². The van der Waals surface area contributed by atoms with Gasteiger partial charge in [0.15, 0.2) is 0 Å². The summed E-state index contributed by atoms with van der Waals surface area (Å²) in [6.07, 6.45) is 1.84. The fourth-order valence-corrected chi connectivity index (χ4v) is 3.15. The molecule has 0 aliphatic heterocycles. The van der Waals surface area contributed by atoms with Crippen LogP contribution >= 0.6 is 0 Å². The van der Waals surface area contributed by atoms with Crippen molar-refractivity contribution in [2.24, 2.45) is 0 Å². The molecule has 0 fully saturated rings. The largest absolute Gasteiger partial charge is 0.496 e.